The number of oxazole rings is 1. The van der Waals surface area contributed by atoms with Crippen molar-refractivity contribution in [1.82, 2.24) is 10.3 Å². The van der Waals surface area contributed by atoms with Gasteiger partial charge in [0, 0.05) is 0 Å². The Hall–Kier alpha value is -1.09. The second-order valence-electron chi connectivity index (χ2n) is 5.42. The summed E-state index contributed by atoms with van der Waals surface area (Å²) >= 11 is 0. The van der Waals surface area contributed by atoms with Crippen LogP contribution in [0.2, 0.25) is 0 Å². The summed E-state index contributed by atoms with van der Waals surface area (Å²) in [5.41, 5.74) is 1.00. The molecule has 0 spiro atoms. The quantitative estimate of drug-likeness (QED) is 0.811. The SMILES string of the molecule is Cc1nc(CNCC2CC3C=CC2C3)oc1C. The lowest BCUT2D eigenvalue weighted by Gasteiger charge is -2.17. The first kappa shape index (κ1) is 11.0. The van der Waals surface area contributed by atoms with Crippen molar-refractivity contribution in [2.75, 3.05) is 6.54 Å². The molecule has 1 aromatic heterocycles. The smallest absolute Gasteiger partial charge is 0.208 e. The normalized spacial score (nSPS) is 30.4. The van der Waals surface area contributed by atoms with E-state index in [1.54, 1.807) is 0 Å². The minimum absolute atomic E-state index is 0.756. The van der Waals surface area contributed by atoms with Crippen LogP contribution in [-0.4, -0.2) is 11.5 Å². The molecule has 0 saturated heterocycles. The molecule has 1 fully saturated rings. The maximum atomic E-state index is 5.55. The van der Waals surface area contributed by atoms with Crippen molar-refractivity contribution in [3.63, 3.8) is 0 Å². The van der Waals surface area contributed by atoms with E-state index in [1.807, 2.05) is 13.8 Å². The summed E-state index contributed by atoms with van der Waals surface area (Å²) in [5.74, 6) is 4.25. The third-order valence-corrected chi connectivity index (χ3v) is 4.17. The van der Waals surface area contributed by atoms with Gasteiger partial charge in [0.1, 0.15) is 5.76 Å². The van der Waals surface area contributed by atoms with Crippen LogP contribution in [-0.2, 0) is 6.54 Å². The molecule has 0 aromatic carbocycles. The number of hydrogen-bond donors (Lipinski definition) is 1. The molecule has 0 aliphatic heterocycles. The highest BCUT2D eigenvalue weighted by molar-refractivity contribution is 5.10. The fourth-order valence-electron chi connectivity index (χ4n) is 3.11. The van der Waals surface area contributed by atoms with E-state index in [0.29, 0.717) is 0 Å². The summed E-state index contributed by atoms with van der Waals surface area (Å²) in [6.45, 7) is 5.80. The Morgan fingerprint density at radius 2 is 2.24 bits per heavy atom. The first-order valence-corrected chi connectivity index (χ1v) is 6.54. The van der Waals surface area contributed by atoms with Gasteiger partial charge in [-0.25, -0.2) is 4.98 Å². The van der Waals surface area contributed by atoms with Crippen LogP contribution < -0.4 is 5.32 Å². The number of aromatic nitrogens is 1. The van der Waals surface area contributed by atoms with Gasteiger partial charge in [-0.2, -0.15) is 0 Å². The van der Waals surface area contributed by atoms with E-state index in [4.69, 9.17) is 4.42 Å². The minimum atomic E-state index is 0.756. The number of nitrogens with zero attached hydrogens (tertiary/aromatic N) is 1. The Kier molecular flexibility index (Phi) is 2.79. The minimum Gasteiger partial charge on any atom is -0.444 e. The number of rotatable bonds is 4. The van der Waals surface area contributed by atoms with Crippen LogP contribution in [0.25, 0.3) is 0 Å². The lowest BCUT2D eigenvalue weighted by molar-refractivity contribution is 0.389. The zero-order chi connectivity index (χ0) is 11.8. The molecule has 0 amide bonds. The zero-order valence-corrected chi connectivity index (χ0v) is 10.6. The second-order valence-corrected chi connectivity index (χ2v) is 5.42. The maximum absolute atomic E-state index is 5.55. The van der Waals surface area contributed by atoms with Gasteiger partial charge < -0.3 is 9.73 Å². The highest BCUT2D eigenvalue weighted by Gasteiger charge is 2.34. The van der Waals surface area contributed by atoms with E-state index < -0.39 is 0 Å². The molecule has 1 saturated carbocycles. The van der Waals surface area contributed by atoms with Crippen LogP contribution in [0.15, 0.2) is 16.6 Å². The number of allylic oxidation sites excluding steroid dienone is 2. The van der Waals surface area contributed by atoms with E-state index in [-0.39, 0.29) is 0 Å². The molecule has 1 aromatic rings. The number of aryl methyl sites for hydroxylation is 2. The van der Waals surface area contributed by atoms with E-state index in [1.165, 1.54) is 12.8 Å². The van der Waals surface area contributed by atoms with Gasteiger partial charge in [-0.15, -0.1) is 0 Å². The van der Waals surface area contributed by atoms with Gasteiger partial charge in [-0.1, -0.05) is 12.2 Å². The maximum Gasteiger partial charge on any atom is 0.208 e. The molecule has 2 aliphatic rings. The van der Waals surface area contributed by atoms with Gasteiger partial charge in [-0.3, -0.25) is 0 Å². The molecule has 3 unspecified atom stereocenters. The summed E-state index contributed by atoms with van der Waals surface area (Å²) in [7, 11) is 0. The van der Waals surface area contributed by atoms with Crippen LogP contribution in [0, 0.1) is 31.6 Å². The van der Waals surface area contributed by atoms with E-state index >= 15 is 0 Å². The van der Waals surface area contributed by atoms with Crippen molar-refractivity contribution in [2.45, 2.75) is 33.2 Å². The lowest BCUT2D eigenvalue weighted by Crippen LogP contribution is -2.25. The standard InChI is InChI=1S/C14H20N2O/c1-9-10(2)17-14(16-9)8-15-7-13-6-11-3-4-12(13)5-11/h3-4,11-13,15H,5-8H2,1-2H3. The number of nitrogens with one attached hydrogen (secondary N) is 1. The van der Waals surface area contributed by atoms with Gasteiger partial charge >= 0.3 is 0 Å². The third kappa shape index (κ3) is 2.16. The molecular formula is C14H20N2O. The molecule has 92 valence electrons. The highest BCUT2D eigenvalue weighted by atomic mass is 16.4. The Balaban J connectivity index is 1.48. The Morgan fingerprint density at radius 3 is 2.82 bits per heavy atom. The third-order valence-electron chi connectivity index (χ3n) is 4.17. The molecule has 3 heteroatoms. The molecule has 3 nitrogen and oxygen atoms in total. The molecule has 3 rings (SSSR count). The van der Waals surface area contributed by atoms with Gasteiger partial charge in [0.25, 0.3) is 0 Å². The predicted octanol–water partition coefficient (Wildman–Crippen LogP) is 2.59. The van der Waals surface area contributed by atoms with Crippen LogP contribution in [0.3, 0.4) is 0 Å². The van der Waals surface area contributed by atoms with Crippen molar-refractivity contribution in [3.05, 3.63) is 29.5 Å². The summed E-state index contributed by atoms with van der Waals surface area (Å²) in [6, 6.07) is 0. The highest BCUT2D eigenvalue weighted by Crippen LogP contribution is 2.42. The van der Waals surface area contributed by atoms with E-state index in [2.05, 4.69) is 22.5 Å². The van der Waals surface area contributed by atoms with Gasteiger partial charge in [0.05, 0.1) is 12.2 Å². The summed E-state index contributed by atoms with van der Waals surface area (Å²) in [5, 5.41) is 3.48. The molecule has 1 heterocycles. The fourth-order valence-corrected chi connectivity index (χ4v) is 3.11. The average Bonchev–Trinajstić information content (AvgIpc) is 2.96. The molecule has 2 aliphatic carbocycles. The van der Waals surface area contributed by atoms with Crippen LogP contribution >= 0.6 is 0 Å². The van der Waals surface area contributed by atoms with E-state index in [9.17, 15) is 0 Å². The molecule has 0 radical (unpaired) electrons. The predicted molar refractivity (Wildman–Crippen MR) is 66.5 cm³/mol. The van der Waals surface area contributed by atoms with Crippen LogP contribution in [0.1, 0.15) is 30.2 Å². The van der Waals surface area contributed by atoms with Crippen LogP contribution in [0.4, 0.5) is 0 Å². The largest absolute Gasteiger partial charge is 0.444 e. The van der Waals surface area contributed by atoms with Gasteiger partial charge in [0.2, 0.25) is 5.89 Å². The van der Waals surface area contributed by atoms with Gasteiger partial charge in [0.15, 0.2) is 0 Å². The van der Waals surface area contributed by atoms with Crippen molar-refractivity contribution in [3.8, 4) is 0 Å². The first-order valence-electron chi connectivity index (χ1n) is 6.54. The topological polar surface area (TPSA) is 38.1 Å². The van der Waals surface area contributed by atoms with Crippen molar-refractivity contribution in [1.29, 1.82) is 0 Å². The number of fused-ring (bicyclic) bond motifs is 2. The first-order chi connectivity index (χ1) is 8.22. The summed E-state index contributed by atoms with van der Waals surface area (Å²) in [6.07, 6.45) is 7.53. The molecule has 17 heavy (non-hydrogen) atoms. The molecule has 1 N–H and O–H groups in total. The Morgan fingerprint density at radius 1 is 1.35 bits per heavy atom. The lowest BCUT2D eigenvalue weighted by atomic mass is 9.94. The molecule has 2 bridgehead atoms. The number of hydrogen-bond acceptors (Lipinski definition) is 3. The average molecular weight is 232 g/mol. The van der Waals surface area contributed by atoms with Crippen molar-refractivity contribution in [2.24, 2.45) is 17.8 Å². The Bertz CT molecular complexity index is 416. The second kappa shape index (κ2) is 4.30. The van der Waals surface area contributed by atoms with Crippen LogP contribution in [0.5, 0.6) is 0 Å². The van der Waals surface area contributed by atoms with E-state index in [0.717, 1.165) is 48.2 Å². The zero-order valence-electron chi connectivity index (χ0n) is 10.6. The summed E-state index contributed by atoms with van der Waals surface area (Å²) < 4.78 is 5.55. The monoisotopic (exact) mass is 232 g/mol. The molecule has 3 atom stereocenters. The van der Waals surface area contributed by atoms with Crippen molar-refractivity contribution >= 4 is 0 Å². The Labute approximate surface area is 102 Å². The molecular weight excluding hydrogens is 212 g/mol. The fraction of sp³-hybridized carbons (Fsp3) is 0.643. The summed E-state index contributed by atoms with van der Waals surface area (Å²) in [4.78, 5) is 4.38. The van der Waals surface area contributed by atoms with Gasteiger partial charge in [-0.05, 0) is 51.0 Å². The van der Waals surface area contributed by atoms with Crippen molar-refractivity contribution < 1.29 is 4.42 Å².